The zero-order chi connectivity index (χ0) is 14.9. The minimum Gasteiger partial charge on any atom is -0.306 e. The summed E-state index contributed by atoms with van der Waals surface area (Å²) in [6, 6.07) is 4.10. The van der Waals surface area contributed by atoms with E-state index < -0.39 is 21.6 Å². The number of rotatable bonds is 4. The van der Waals surface area contributed by atoms with Crippen LogP contribution >= 0.6 is 0 Å². The fourth-order valence-electron chi connectivity index (χ4n) is 1.50. The van der Waals surface area contributed by atoms with Gasteiger partial charge in [-0.25, -0.2) is 13.2 Å². The SMILES string of the molecule is CC(C)C(=O)NNS(=O)(=O)c1ccc2[nH]c(=O)[nH]c2c1. The Labute approximate surface area is 114 Å². The number of benzene rings is 1. The lowest BCUT2D eigenvalue weighted by Crippen LogP contribution is -2.43. The van der Waals surface area contributed by atoms with Crippen LogP contribution in [0.4, 0.5) is 0 Å². The minimum absolute atomic E-state index is 0.0655. The maximum atomic E-state index is 12.0. The van der Waals surface area contributed by atoms with Crippen molar-refractivity contribution in [3.63, 3.8) is 0 Å². The molecule has 1 aromatic heterocycles. The van der Waals surface area contributed by atoms with E-state index in [4.69, 9.17) is 0 Å². The van der Waals surface area contributed by atoms with E-state index in [0.29, 0.717) is 11.0 Å². The van der Waals surface area contributed by atoms with E-state index in [1.54, 1.807) is 13.8 Å². The zero-order valence-electron chi connectivity index (χ0n) is 10.9. The molecule has 1 aromatic carbocycles. The van der Waals surface area contributed by atoms with E-state index in [-0.39, 0.29) is 10.8 Å². The number of nitrogens with one attached hydrogen (secondary N) is 4. The second kappa shape index (κ2) is 5.10. The summed E-state index contributed by atoms with van der Waals surface area (Å²) in [4.78, 5) is 29.4. The first kappa shape index (κ1) is 14.3. The van der Waals surface area contributed by atoms with E-state index in [2.05, 4.69) is 15.4 Å². The summed E-state index contributed by atoms with van der Waals surface area (Å²) in [7, 11) is -3.89. The molecule has 0 saturated carbocycles. The van der Waals surface area contributed by atoms with E-state index in [1.807, 2.05) is 4.83 Å². The van der Waals surface area contributed by atoms with E-state index in [1.165, 1.54) is 18.2 Å². The summed E-state index contributed by atoms with van der Waals surface area (Å²) in [5.41, 5.74) is 2.57. The number of hydrazine groups is 1. The maximum Gasteiger partial charge on any atom is 0.323 e. The van der Waals surface area contributed by atoms with Gasteiger partial charge >= 0.3 is 5.69 Å². The van der Waals surface area contributed by atoms with Crippen LogP contribution in [0.2, 0.25) is 0 Å². The summed E-state index contributed by atoms with van der Waals surface area (Å²) < 4.78 is 24.0. The molecule has 0 saturated heterocycles. The Bertz CT molecular complexity index is 803. The summed E-state index contributed by atoms with van der Waals surface area (Å²) in [5, 5.41) is 0. The van der Waals surface area contributed by atoms with Crippen molar-refractivity contribution < 1.29 is 13.2 Å². The van der Waals surface area contributed by atoms with Crippen molar-refractivity contribution in [3.8, 4) is 0 Å². The van der Waals surface area contributed by atoms with Gasteiger partial charge in [-0.15, -0.1) is 4.83 Å². The molecule has 0 unspecified atom stereocenters. The van der Waals surface area contributed by atoms with Crippen LogP contribution in [-0.2, 0) is 14.8 Å². The lowest BCUT2D eigenvalue weighted by Gasteiger charge is -2.10. The molecule has 0 radical (unpaired) electrons. The lowest BCUT2D eigenvalue weighted by atomic mass is 10.2. The second-order valence-corrected chi connectivity index (χ2v) is 6.22. The number of aromatic nitrogens is 2. The highest BCUT2D eigenvalue weighted by molar-refractivity contribution is 7.89. The van der Waals surface area contributed by atoms with Crippen molar-refractivity contribution in [2.75, 3.05) is 0 Å². The lowest BCUT2D eigenvalue weighted by molar-refractivity contribution is -0.124. The first-order valence-electron chi connectivity index (χ1n) is 5.83. The Morgan fingerprint density at radius 2 is 1.85 bits per heavy atom. The van der Waals surface area contributed by atoms with Gasteiger partial charge in [-0.1, -0.05) is 13.8 Å². The number of sulfonamides is 1. The molecule has 2 aromatic rings. The smallest absolute Gasteiger partial charge is 0.306 e. The largest absolute Gasteiger partial charge is 0.323 e. The van der Waals surface area contributed by atoms with Crippen molar-refractivity contribution in [2.24, 2.45) is 5.92 Å². The number of fused-ring (bicyclic) bond motifs is 1. The zero-order valence-corrected chi connectivity index (χ0v) is 11.7. The molecule has 9 heteroatoms. The number of carbonyl (C=O) groups excluding carboxylic acids is 1. The molecule has 1 heterocycles. The third kappa shape index (κ3) is 2.89. The van der Waals surface area contributed by atoms with Crippen molar-refractivity contribution in [2.45, 2.75) is 18.7 Å². The quantitative estimate of drug-likeness (QED) is 0.584. The predicted molar refractivity (Wildman–Crippen MR) is 72.2 cm³/mol. The molecule has 0 aliphatic carbocycles. The molecule has 108 valence electrons. The van der Waals surface area contributed by atoms with E-state index in [9.17, 15) is 18.0 Å². The molecule has 8 nitrogen and oxygen atoms in total. The summed E-state index contributed by atoms with van der Waals surface area (Å²) >= 11 is 0. The predicted octanol–water partition coefficient (Wildman–Crippen LogP) is -0.178. The van der Waals surface area contributed by atoms with Crippen LogP contribution in [0, 0.1) is 5.92 Å². The molecule has 0 atom stereocenters. The van der Waals surface area contributed by atoms with Gasteiger partial charge in [0.15, 0.2) is 0 Å². The number of carbonyl (C=O) groups is 1. The van der Waals surface area contributed by atoms with Crippen molar-refractivity contribution >= 4 is 27.0 Å². The van der Waals surface area contributed by atoms with Crippen molar-refractivity contribution in [3.05, 3.63) is 28.7 Å². The van der Waals surface area contributed by atoms with Crippen LogP contribution in [0.5, 0.6) is 0 Å². The Balaban J connectivity index is 2.27. The highest BCUT2D eigenvalue weighted by Crippen LogP contribution is 2.14. The van der Waals surface area contributed by atoms with E-state index >= 15 is 0 Å². The summed E-state index contributed by atoms with van der Waals surface area (Å²) in [6.07, 6.45) is 0. The fourth-order valence-corrected chi connectivity index (χ4v) is 2.37. The maximum absolute atomic E-state index is 12.0. The molecular formula is C11H14N4O4S. The normalized spacial score (nSPS) is 11.9. The number of H-pyrrole nitrogens is 2. The first-order valence-corrected chi connectivity index (χ1v) is 7.31. The minimum atomic E-state index is -3.89. The highest BCUT2D eigenvalue weighted by Gasteiger charge is 2.17. The first-order chi connectivity index (χ1) is 9.29. The molecule has 0 fully saturated rings. The van der Waals surface area contributed by atoms with Crippen LogP contribution in [0.25, 0.3) is 11.0 Å². The van der Waals surface area contributed by atoms with Crippen LogP contribution in [-0.4, -0.2) is 24.3 Å². The van der Waals surface area contributed by atoms with Gasteiger partial charge in [0.1, 0.15) is 0 Å². The van der Waals surface area contributed by atoms with Gasteiger partial charge in [-0.2, -0.15) is 0 Å². The summed E-state index contributed by atoms with van der Waals surface area (Å²) in [6.45, 7) is 3.28. The van der Waals surface area contributed by atoms with Crippen LogP contribution < -0.4 is 15.9 Å². The van der Waals surface area contributed by atoms with Crippen LogP contribution in [0.1, 0.15) is 13.8 Å². The molecule has 0 aliphatic rings. The molecule has 2 rings (SSSR count). The molecule has 4 N–H and O–H groups in total. The van der Waals surface area contributed by atoms with Gasteiger partial charge in [-0.3, -0.25) is 10.2 Å². The number of hydrogen-bond donors (Lipinski definition) is 4. The van der Waals surface area contributed by atoms with Crippen LogP contribution in [0.15, 0.2) is 27.9 Å². The van der Waals surface area contributed by atoms with Gasteiger partial charge in [0.25, 0.3) is 10.0 Å². The molecule has 0 spiro atoms. The second-order valence-electron chi connectivity index (χ2n) is 4.54. The van der Waals surface area contributed by atoms with E-state index in [0.717, 1.165) is 0 Å². The third-order valence-corrected chi connectivity index (χ3v) is 3.88. The Kier molecular flexibility index (Phi) is 3.64. The molecule has 1 amide bonds. The Morgan fingerprint density at radius 3 is 2.50 bits per heavy atom. The molecule has 20 heavy (non-hydrogen) atoms. The Hall–Kier alpha value is -2.13. The van der Waals surface area contributed by atoms with Gasteiger partial charge in [0, 0.05) is 5.92 Å². The summed E-state index contributed by atoms with van der Waals surface area (Å²) in [5.74, 6) is -0.786. The monoisotopic (exact) mass is 298 g/mol. The average Bonchev–Trinajstić information content (AvgIpc) is 2.74. The molecule has 0 bridgehead atoms. The number of hydrogen-bond acceptors (Lipinski definition) is 4. The number of aromatic amines is 2. The fraction of sp³-hybridized carbons (Fsp3) is 0.273. The highest BCUT2D eigenvalue weighted by atomic mass is 32.2. The average molecular weight is 298 g/mol. The number of imidazole rings is 1. The number of amides is 1. The van der Waals surface area contributed by atoms with Crippen molar-refractivity contribution in [1.29, 1.82) is 0 Å². The standard InChI is InChI=1S/C11H14N4O4S/c1-6(2)10(16)14-15-20(18,19)7-3-4-8-9(5-7)13-11(17)12-8/h3-6,15H,1-2H3,(H,14,16)(H2,12,13,17). The third-order valence-electron chi connectivity index (χ3n) is 2.63. The van der Waals surface area contributed by atoms with Crippen molar-refractivity contribution in [1.82, 2.24) is 20.2 Å². The van der Waals surface area contributed by atoms with Gasteiger partial charge < -0.3 is 9.97 Å². The molecular weight excluding hydrogens is 284 g/mol. The van der Waals surface area contributed by atoms with Gasteiger partial charge in [0.2, 0.25) is 5.91 Å². The van der Waals surface area contributed by atoms with Crippen LogP contribution in [0.3, 0.4) is 0 Å². The Morgan fingerprint density at radius 1 is 1.20 bits per heavy atom. The molecule has 0 aliphatic heterocycles. The van der Waals surface area contributed by atoms with Gasteiger partial charge in [0.05, 0.1) is 15.9 Å². The van der Waals surface area contributed by atoms with Gasteiger partial charge in [-0.05, 0) is 18.2 Å². The topological polar surface area (TPSA) is 124 Å².